The number of carbonyl (C=O) groups is 1. The molecule has 0 N–H and O–H groups in total. The molecule has 1 aromatic heterocycles. The van der Waals surface area contributed by atoms with Crippen molar-refractivity contribution in [3.05, 3.63) is 18.2 Å². The van der Waals surface area contributed by atoms with Crippen LogP contribution >= 0.6 is 0 Å². The van der Waals surface area contributed by atoms with Crippen LogP contribution < -0.4 is 0 Å². The van der Waals surface area contributed by atoms with Crippen LogP contribution in [0.15, 0.2) is 12.5 Å². The Morgan fingerprint density at radius 2 is 2.17 bits per heavy atom. The number of aromatic nitrogens is 2. The van der Waals surface area contributed by atoms with Gasteiger partial charge in [-0.2, -0.15) is 0 Å². The van der Waals surface area contributed by atoms with Crippen LogP contribution in [0.5, 0.6) is 0 Å². The predicted molar refractivity (Wildman–Crippen MR) is 89.2 cm³/mol. The Labute approximate surface area is 138 Å². The van der Waals surface area contributed by atoms with E-state index in [4.69, 9.17) is 0 Å². The third-order valence-corrected chi connectivity index (χ3v) is 6.00. The van der Waals surface area contributed by atoms with Crippen molar-refractivity contribution in [1.82, 2.24) is 19.4 Å². The van der Waals surface area contributed by atoms with Crippen molar-refractivity contribution in [2.45, 2.75) is 45.1 Å². The van der Waals surface area contributed by atoms with Crippen LogP contribution in [-0.4, -0.2) is 58.5 Å². The SMILES string of the molecule is CC(C)n1cnc(C2CN(C)CC23CCN(CC2CC2)C3=O)c1. The highest BCUT2D eigenvalue weighted by Crippen LogP contribution is 2.49. The van der Waals surface area contributed by atoms with Crippen molar-refractivity contribution in [1.29, 1.82) is 0 Å². The molecule has 0 bridgehead atoms. The number of nitrogens with zero attached hydrogens (tertiary/aromatic N) is 4. The highest BCUT2D eigenvalue weighted by Gasteiger charge is 2.57. The largest absolute Gasteiger partial charge is 0.342 e. The minimum absolute atomic E-state index is 0.236. The lowest BCUT2D eigenvalue weighted by atomic mass is 9.75. The van der Waals surface area contributed by atoms with Gasteiger partial charge in [0.1, 0.15) is 0 Å². The van der Waals surface area contributed by atoms with Crippen LogP contribution in [0.4, 0.5) is 0 Å². The van der Waals surface area contributed by atoms with E-state index in [1.807, 2.05) is 6.33 Å². The van der Waals surface area contributed by atoms with E-state index in [1.54, 1.807) is 0 Å². The number of likely N-dealkylation sites (tertiary alicyclic amines) is 2. The molecule has 1 saturated carbocycles. The lowest BCUT2D eigenvalue weighted by Crippen LogP contribution is -2.40. The average molecular weight is 316 g/mol. The summed E-state index contributed by atoms with van der Waals surface area (Å²) in [4.78, 5) is 22.4. The standard InChI is InChI=1S/C18H28N4O/c1-13(2)22-10-16(19-12-22)15-9-20(3)11-18(15)6-7-21(17(18)23)8-14-4-5-14/h10,12-15H,4-9,11H2,1-3H3. The summed E-state index contributed by atoms with van der Waals surface area (Å²) in [5.41, 5.74) is 0.865. The second-order valence-corrected chi connectivity index (χ2v) is 8.19. The van der Waals surface area contributed by atoms with Crippen LogP contribution in [0.25, 0.3) is 0 Å². The smallest absolute Gasteiger partial charge is 0.230 e. The van der Waals surface area contributed by atoms with Crippen LogP contribution in [-0.2, 0) is 4.79 Å². The number of carbonyl (C=O) groups excluding carboxylic acids is 1. The number of likely N-dealkylation sites (N-methyl/N-ethyl adjacent to an activating group) is 1. The molecule has 1 spiro atoms. The van der Waals surface area contributed by atoms with Crippen LogP contribution in [0.3, 0.4) is 0 Å². The molecular formula is C18H28N4O. The lowest BCUT2D eigenvalue weighted by Gasteiger charge is -2.28. The summed E-state index contributed by atoms with van der Waals surface area (Å²) in [5.74, 6) is 1.40. The van der Waals surface area contributed by atoms with Gasteiger partial charge in [0, 0.05) is 44.3 Å². The monoisotopic (exact) mass is 316 g/mol. The Morgan fingerprint density at radius 3 is 2.83 bits per heavy atom. The van der Waals surface area contributed by atoms with E-state index in [9.17, 15) is 4.79 Å². The summed E-state index contributed by atoms with van der Waals surface area (Å²) in [6.45, 7) is 8.08. The van der Waals surface area contributed by atoms with Gasteiger partial charge in [0.25, 0.3) is 0 Å². The zero-order valence-corrected chi connectivity index (χ0v) is 14.5. The summed E-state index contributed by atoms with van der Waals surface area (Å²) in [7, 11) is 2.14. The van der Waals surface area contributed by atoms with E-state index < -0.39 is 0 Å². The Morgan fingerprint density at radius 1 is 1.39 bits per heavy atom. The number of imidazole rings is 1. The molecule has 3 fully saturated rings. The van der Waals surface area contributed by atoms with Gasteiger partial charge in [0.2, 0.25) is 5.91 Å². The highest BCUT2D eigenvalue weighted by atomic mass is 16.2. The van der Waals surface area contributed by atoms with Crippen molar-refractivity contribution >= 4 is 5.91 Å². The fourth-order valence-corrected chi connectivity index (χ4v) is 4.45. The first-order valence-electron chi connectivity index (χ1n) is 9.01. The highest BCUT2D eigenvalue weighted by molar-refractivity contribution is 5.86. The lowest BCUT2D eigenvalue weighted by molar-refractivity contribution is -0.136. The van der Waals surface area contributed by atoms with Crippen LogP contribution in [0.2, 0.25) is 0 Å². The topological polar surface area (TPSA) is 41.4 Å². The summed E-state index contributed by atoms with van der Waals surface area (Å²) in [6.07, 6.45) is 7.68. The third-order valence-electron chi connectivity index (χ3n) is 6.00. The van der Waals surface area contributed by atoms with E-state index in [0.717, 1.165) is 44.2 Å². The predicted octanol–water partition coefficient (Wildman–Crippen LogP) is 2.12. The number of amides is 1. The molecule has 2 atom stereocenters. The van der Waals surface area contributed by atoms with Gasteiger partial charge in [-0.15, -0.1) is 0 Å². The molecule has 1 aromatic rings. The van der Waals surface area contributed by atoms with Gasteiger partial charge in [0.15, 0.2) is 0 Å². The van der Waals surface area contributed by atoms with Gasteiger partial charge in [-0.25, -0.2) is 4.98 Å². The quantitative estimate of drug-likeness (QED) is 0.854. The molecule has 5 nitrogen and oxygen atoms in total. The first kappa shape index (κ1) is 15.2. The van der Waals surface area contributed by atoms with E-state index in [1.165, 1.54) is 12.8 Å². The van der Waals surface area contributed by atoms with E-state index in [-0.39, 0.29) is 11.3 Å². The van der Waals surface area contributed by atoms with Crippen molar-refractivity contribution < 1.29 is 4.79 Å². The fraction of sp³-hybridized carbons (Fsp3) is 0.778. The molecule has 4 rings (SSSR count). The number of rotatable bonds is 4. The minimum Gasteiger partial charge on any atom is -0.342 e. The Balaban J connectivity index is 1.61. The van der Waals surface area contributed by atoms with Crippen molar-refractivity contribution in [2.75, 3.05) is 33.2 Å². The molecule has 23 heavy (non-hydrogen) atoms. The Hall–Kier alpha value is -1.36. The summed E-state index contributed by atoms with van der Waals surface area (Å²) >= 11 is 0. The van der Waals surface area contributed by atoms with Crippen molar-refractivity contribution in [3.63, 3.8) is 0 Å². The number of hydrogen-bond donors (Lipinski definition) is 0. The van der Waals surface area contributed by atoms with Gasteiger partial charge < -0.3 is 14.4 Å². The molecule has 3 heterocycles. The summed E-state index contributed by atoms with van der Waals surface area (Å²) in [5, 5.41) is 0. The zero-order valence-electron chi connectivity index (χ0n) is 14.5. The molecule has 2 saturated heterocycles. The van der Waals surface area contributed by atoms with E-state index >= 15 is 0 Å². The van der Waals surface area contributed by atoms with Crippen molar-refractivity contribution in [2.24, 2.45) is 11.3 Å². The average Bonchev–Trinajstić information content (AvgIpc) is 2.94. The maximum Gasteiger partial charge on any atom is 0.230 e. The van der Waals surface area contributed by atoms with E-state index in [2.05, 4.69) is 46.4 Å². The maximum absolute atomic E-state index is 13.2. The Kier molecular flexibility index (Phi) is 3.52. The summed E-state index contributed by atoms with van der Waals surface area (Å²) in [6, 6.07) is 0.414. The molecule has 2 unspecified atom stereocenters. The fourth-order valence-electron chi connectivity index (χ4n) is 4.45. The molecule has 2 aliphatic heterocycles. The van der Waals surface area contributed by atoms with Crippen LogP contribution in [0, 0.1) is 11.3 Å². The second kappa shape index (κ2) is 5.33. The Bertz CT molecular complexity index is 606. The van der Waals surface area contributed by atoms with Gasteiger partial charge in [0.05, 0.1) is 17.4 Å². The van der Waals surface area contributed by atoms with Gasteiger partial charge >= 0.3 is 0 Å². The van der Waals surface area contributed by atoms with Crippen LogP contribution in [0.1, 0.15) is 50.8 Å². The first-order valence-corrected chi connectivity index (χ1v) is 9.01. The normalized spacial score (nSPS) is 31.9. The second-order valence-electron chi connectivity index (χ2n) is 8.19. The van der Waals surface area contributed by atoms with E-state index in [0.29, 0.717) is 11.9 Å². The minimum atomic E-state index is -0.236. The molecule has 3 aliphatic rings. The molecule has 1 aliphatic carbocycles. The number of hydrogen-bond acceptors (Lipinski definition) is 3. The van der Waals surface area contributed by atoms with Gasteiger partial charge in [-0.05, 0) is 46.1 Å². The molecule has 0 radical (unpaired) electrons. The first-order chi connectivity index (χ1) is 11.0. The maximum atomic E-state index is 13.2. The van der Waals surface area contributed by atoms with Gasteiger partial charge in [-0.1, -0.05) is 0 Å². The molecule has 1 amide bonds. The molecule has 5 heteroatoms. The third kappa shape index (κ3) is 2.49. The van der Waals surface area contributed by atoms with Crippen molar-refractivity contribution in [3.8, 4) is 0 Å². The molecule has 126 valence electrons. The van der Waals surface area contributed by atoms with Gasteiger partial charge in [-0.3, -0.25) is 4.79 Å². The summed E-state index contributed by atoms with van der Waals surface area (Å²) < 4.78 is 2.16. The molecule has 0 aromatic carbocycles. The molecular weight excluding hydrogens is 288 g/mol. The zero-order chi connectivity index (χ0) is 16.2.